The fraction of sp³-hybridized carbons (Fsp3) is 0. The van der Waals surface area contributed by atoms with Crippen molar-refractivity contribution < 1.29 is 0 Å². The predicted octanol–water partition coefficient (Wildman–Crippen LogP) is 4.37. The summed E-state index contributed by atoms with van der Waals surface area (Å²) in [4.78, 5) is 17.8. The molecule has 0 aliphatic rings. The minimum absolute atomic E-state index is 0.102. The van der Waals surface area contributed by atoms with E-state index in [1.807, 2.05) is 6.07 Å². The smallest absolute Gasteiger partial charge is 0.266 e. The van der Waals surface area contributed by atoms with Gasteiger partial charge in [0.15, 0.2) is 4.96 Å². The molecule has 4 rings (SSSR count). The Morgan fingerprint density at radius 1 is 1.05 bits per heavy atom. The van der Waals surface area contributed by atoms with Crippen molar-refractivity contribution in [3.8, 4) is 0 Å². The van der Waals surface area contributed by atoms with Crippen LogP contribution in [0.1, 0.15) is 0 Å². The van der Waals surface area contributed by atoms with Crippen LogP contribution in [0, 0.1) is 0 Å². The third-order valence-corrected chi connectivity index (χ3v) is 4.66. The highest BCUT2D eigenvalue weighted by Gasteiger charge is 2.12. The molecule has 3 nitrogen and oxygen atoms in total. The molecule has 0 saturated carbocycles. The first-order valence-corrected chi connectivity index (χ1v) is 7.41. The lowest BCUT2D eigenvalue weighted by atomic mass is 10.2. The number of nitrogens with zero attached hydrogens (tertiary/aromatic N) is 2. The maximum atomic E-state index is 12.6. The van der Waals surface area contributed by atoms with E-state index in [0.29, 0.717) is 25.9 Å². The molecular weight excluding hydrogens is 315 g/mol. The minimum Gasteiger partial charge on any atom is -0.268 e. The number of hydrogen-bond acceptors (Lipinski definition) is 3. The van der Waals surface area contributed by atoms with Crippen LogP contribution in [0.4, 0.5) is 0 Å². The summed E-state index contributed by atoms with van der Waals surface area (Å²) in [6.07, 6.45) is 0. The second kappa shape index (κ2) is 4.19. The van der Waals surface area contributed by atoms with Gasteiger partial charge < -0.3 is 0 Å². The van der Waals surface area contributed by atoms with Gasteiger partial charge in [0, 0.05) is 10.0 Å². The lowest BCUT2D eigenvalue weighted by Crippen LogP contribution is -2.13. The van der Waals surface area contributed by atoms with Crippen LogP contribution in [0.3, 0.4) is 0 Å². The lowest BCUT2D eigenvalue weighted by molar-refractivity contribution is 1.16. The van der Waals surface area contributed by atoms with E-state index in [9.17, 15) is 4.79 Å². The zero-order valence-electron chi connectivity index (χ0n) is 9.93. The highest BCUT2D eigenvalue weighted by atomic mass is 35.5. The van der Waals surface area contributed by atoms with E-state index >= 15 is 0 Å². The third-order valence-electron chi connectivity index (χ3n) is 3.16. The van der Waals surface area contributed by atoms with Crippen LogP contribution in [-0.2, 0) is 0 Å². The van der Waals surface area contributed by atoms with Crippen LogP contribution >= 0.6 is 34.5 Å². The molecule has 2 aromatic heterocycles. The average molecular weight is 321 g/mol. The van der Waals surface area contributed by atoms with Crippen molar-refractivity contribution in [2.75, 3.05) is 0 Å². The van der Waals surface area contributed by atoms with E-state index in [1.165, 1.54) is 11.3 Å². The van der Waals surface area contributed by atoms with Crippen molar-refractivity contribution in [2.24, 2.45) is 0 Å². The molecule has 0 spiro atoms. The molecule has 4 aromatic rings. The molecule has 0 aliphatic carbocycles. The second-order valence-electron chi connectivity index (χ2n) is 4.41. The monoisotopic (exact) mass is 320 g/mol. The molecule has 0 amide bonds. The molecule has 20 heavy (non-hydrogen) atoms. The Hall–Kier alpha value is -1.62. The van der Waals surface area contributed by atoms with Crippen molar-refractivity contribution in [1.82, 2.24) is 9.38 Å². The number of aromatic nitrogens is 2. The summed E-state index contributed by atoms with van der Waals surface area (Å²) in [5.41, 5.74) is 1.29. The van der Waals surface area contributed by atoms with Crippen LogP contribution < -0.4 is 5.56 Å². The molecule has 98 valence electrons. The molecule has 0 fully saturated rings. The van der Waals surface area contributed by atoms with Crippen LogP contribution in [0.25, 0.3) is 26.1 Å². The van der Waals surface area contributed by atoms with Crippen LogP contribution in [0.5, 0.6) is 0 Å². The molecule has 0 aliphatic heterocycles. The van der Waals surface area contributed by atoms with Crippen molar-refractivity contribution in [3.05, 3.63) is 56.8 Å². The average Bonchev–Trinajstić information content (AvgIpc) is 2.76. The Morgan fingerprint density at radius 3 is 2.65 bits per heavy atom. The maximum absolute atomic E-state index is 12.6. The van der Waals surface area contributed by atoms with Gasteiger partial charge in [0.1, 0.15) is 0 Å². The van der Waals surface area contributed by atoms with Gasteiger partial charge >= 0.3 is 0 Å². The summed E-state index contributed by atoms with van der Waals surface area (Å²) in [6, 6.07) is 10.6. The van der Waals surface area contributed by atoms with Gasteiger partial charge in [0.2, 0.25) is 0 Å². The first-order chi connectivity index (χ1) is 9.63. The van der Waals surface area contributed by atoms with Crippen molar-refractivity contribution in [1.29, 1.82) is 0 Å². The number of fused-ring (bicyclic) bond motifs is 4. The van der Waals surface area contributed by atoms with Crippen LogP contribution in [0.2, 0.25) is 10.0 Å². The van der Waals surface area contributed by atoms with Crippen LogP contribution in [-0.4, -0.2) is 9.38 Å². The summed E-state index contributed by atoms with van der Waals surface area (Å²) in [5.74, 6) is 0. The molecule has 0 N–H and O–H groups in total. The van der Waals surface area contributed by atoms with Crippen molar-refractivity contribution in [3.63, 3.8) is 0 Å². The zero-order chi connectivity index (χ0) is 13.9. The molecular formula is C14H6Cl2N2OS. The summed E-state index contributed by atoms with van der Waals surface area (Å²) in [6.45, 7) is 0. The number of benzene rings is 2. The van der Waals surface area contributed by atoms with E-state index in [4.69, 9.17) is 23.2 Å². The molecule has 0 atom stereocenters. The number of halogens is 2. The topological polar surface area (TPSA) is 34.4 Å². The largest absolute Gasteiger partial charge is 0.268 e. The van der Waals surface area contributed by atoms with Gasteiger partial charge in [-0.05, 0) is 36.4 Å². The Morgan fingerprint density at radius 2 is 1.80 bits per heavy atom. The fourth-order valence-corrected chi connectivity index (χ4v) is 3.61. The molecule has 0 bridgehead atoms. The van der Waals surface area contributed by atoms with Gasteiger partial charge in [-0.15, -0.1) is 0 Å². The molecule has 0 radical (unpaired) electrons. The lowest BCUT2D eigenvalue weighted by Gasteiger charge is -2.00. The van der Waals surface area contributed by atoms with Crippen LogP contribution in [0.15, 0.2) is 41.2 Å². The standard InChI is InChI=1S/C14H6Cl2N2OS/c15-7-1-3-9-10(5-7)17-14-18(13(9)19)11-6-8(16)2-4-12(11)20-14/h1-6H. The number of hydrogen-bond donors (Lipinski definition) is 0. The third kappa shape index (κ3) is 1.66. The van der Waals surface area contributed by atoms with Crippen molar-refractivity contribution in [2.45, 2.75) is 0 Å². The quantitative estimate of drug-likeness (QED) is 0.482. The predicted molar refractivity (Wildman–Crippen MR) is 84.4 cm³/mol. The van der Waals surface area contributed by atoms with Crippen molar-refractivity contribution >= 4 is 60.6 Å². The van der Waals surface area contributed by atoms with E-state index in [2.05, 4.69) is 4.98 Å². The van der Waals surface area contributed by atoms with Gasteiger partial charge in [-0.3, -0.25) is 9.20 Å². The van der Waals surface area contributed by atoms with E-state index in [0.717, 1.165) is 10.2 Å². The molecule has 0 saturated heterocycles. The van der Waals surface area contributed by atoms with Gasteiger partial charge in [0.25, 0.3) is 5.56 Å². The Balaban J connectivity index is 2.31. The fourth-order valence-electron chi connectivity index (χ4n) is 2.27. The van der Waals surface area contributed by atoms with Gasteiger partial charge in [-0.25, -0.2) is 4.98 Å². The molecule has 6 heteroatoms. The van der Waals surface area contributed by atoms with Gasteiger partial charge in [-0.2, -0.15) is 0 Å². The first kappa shape index (κ1) is 12.1. The summed E-state index contributed by atoms with van der Waals surface area (Å²) < 4.78 is 2.57. The SMILES string of the molecule is O=c1c2ccc(Cl)cc2nc2sc3ccc(Cl)cc3n12. The van der Waals surface area contributed by atoms with Gasteiger partial charge in [-0.1, -0.05) is 34.5 Å². The maximum Gasteiger partial charge on any atom is 0.266 e. The molecule has 2 aromatic carbocycles. The Kier molecular flexibility index (Phi) is 2.54. The van der Waals surface area contributed by atoms with Gasteiger partial charge in [0.05, 0.1) is 21.1 Å². The summed E-state index contributed by atoms with van der Waals surface area (Å²) >= 11 is 13.4. The molecule has 0 unspecified atom stereocenters. The number of thiazole rings is 1. The summed E-state index contributed by atoms with van der Waals surface area (Å²) in [5, 5.41) is 1.71. The first-order valence-electron chi connectivity index (χ1n) is 5.83. The van der Waals surface area contributed by atoms with E-state index in [-0.39, 0.29) is 5.56 Å². The second-order valence-corrected chi connectivity index (χ2v) is 6.29. The van der Waals surface area contributed by atoms with E-state index in [1.54, 1.807) is 34.7 Å². The minimum atomic E-state index is -0.102. The summed E-state index contributed by atoms with van der Waals surface area (Å²) in [7, 11) is 0. The zero-order valence-corrected chi connectivity index (χ0v) is 12.3. The highest BCUT2D eigenvalue weighted by molar-refractivity contribution is 7.23. The normalized spacial score (nSPS) is 11.7. The number of rotatable bonds is 0. The van der Waals surface area contributed by atoms with E-state index < -0.39 is 0 Å². The molecule has 2 heterocycles. The Bertz CT molecular complexity index is 1050. The Labute approximate surface area is 127 Å². The highest BCUT2D eigenvalue weighted by Crippen LogP contribution is 2.28.